The van der Waals surface area contributed by atoms with Crippen LogP contribution in [0.25, 0.3) is 10.2 Å². The van der Waals surface area contributed by atoms with Gasteiger partial charge in [-0.25, -0.2) is 4.98 Å². The number of fused-ring (bicyclic) bond motifs is 1. The molecule has 1 heterocycles. The summed E-state index contributed by atoms with van der Waals surface area (Å²) < 4.78 is 1.02. The topological polar surface area (TPSA) is 42.0 Å². The Labute approximate surface area is 134 Å². The van der Waals surface area contributed by atoms with Gasteiger partial charge in [-0.15, -0.1) is 11.3 Å². The molecule has 0 aliphatic carbocycles. The fourth-order valence-electron chi connectivity index (χ4n) is 2.44. The number of carbonyl (C=O) groups is 1. The molecule has 0 fully saturated rings. The maximum atomic E-state index is 12.5. The molecule has 0 aliphatic heterocycles. The molecule has 4 heteroatoms. The number of hydrogen-bond acceptors (Lipinski definition) is 3. The molecule has 1 N–H and O–H groups in total. The van der Waals surface area contributed by atoms with Crippen LogP contribution in [0.5, 0.6) is 0 Å². The summed E-state index contributed by atoms with van der Waals surface area (Å²) in [7, 11) is 0. The van der Waals surface area contributed by atoms with Crippen molar-refractivity contribution < 1.29 is 4.79 Å². The van der Waals surface area contributed by atoms with E-state index in [0.717, 1.165) is 21.5 Å². The third-order valence-electron chi connectivity index (χ3n) is 3.58. The van der Waals surface area contributed by atoms with E-state index in [1.807, 2.05) is 36.4 Å². The van der Waals surface area contributed by atoms with Gasteiger partial charge in [-0.3, -0.25) is 4.79 Å². The average molecular weight is 310 g/mol. The lowest BCUT2D eigenvalue weighted by Gasteiger charge is -2.23. The number of anilines is 1. The van der Waals surface area contributed by atoms with Crippen molar-refractivity contribution >= 4 is 33.1 Å². The number of hydrogen-bond donors (Lipinski definition) is 1. The van der Waals surface area contributed by atoms with E-state index in [9.17, 15) is 4.79 Å². The van der Waals surface area contributed by atoms with Crippen molar-refractivity contribution in [3.63, 3.8) is 0 Å². The van der Waals surface area contributed by atoms with E-state index in [1.54, 1.807) is 16.8 Å². The Morgan fingerprint density at radius 2 is 1.91 bits per heavy atom. The maximum absolute atomic E-state index is 12.5. The SMILES string of the molecule is CC(C)(C)c1ccccc1NC(=O)c1ccc2ncsc2c1. The number of carbonyl (C=O) groups excluding carboxylic acids is 1. The Bertz CT molecular complexity index is 830. The normalized spacial score (nSPS) is 11.6. The Kier molecular flexibility index (Phi) is 3.71. The number of para-hydroxylation sites is 1. The second kappa shape index (κ2) is 5.54. The molecule has 22 heavy (non-hydrogen) atoms. The Balaban J connectivity index is 1.91. The van der Waals surface area contributed by atoms with Crippen molar-refractivity contribution in [3.8, 4) is 0 Å². The lowest BCUT2D eigenvalue weighted by Crippen LogP contribution is -2.18. The molecule has 1 aromatic heterocycles. The molecule has 2 aromatic carbocycles. The molecule has 0 saturated heterocycles. The van der Waals surface area contributed by atoms with Crippen LogP contribution in [0.4, 0.5) is 5.69 Å². The van der Waals surface area contributed by atoms with Gasteiger partial charge >= 0.3 is 0 Å². The molecule has 0 atom stereocenters. The molecule has 1 amide bonds. The molecule has 0 radical (unpaired) electrons. The highest BCUT2D eigenvalue weighted by atomic mass is 32.1. The van der Waals surface area contributed by atoms with Crippen LogP contribution in [0.3, 0.4) is 0 Å². The highest BCUT2D eigenvalue weighted by molar-refractivity contribution is 7.16. The van der Waals surface area contributed by atoms with Crippen molar-refractivity contribution in [2.45, 2.75) is 26.2 Å². The monoisotopic (exact) mass is 310 g/mol. The van der Waals surface area contributed by atoms with Crippen molar-refractivity contribution in [1.29, 1.82) is 0 Å². The van der Waals surface area contributed by atoms with Gasteiger partial charge in [-0.05, 0) is 35.2 Å². The zero-order valence-corrected chi connectivity index (χ0v) is 13.7. The van der Waals surface area contributed by atoms with E-state index in [-0.39, 0.29) is 11.3 Å². The van der Waals surface area contributed by atoms with Gasteiger partial charge in [-0.1, -0.05) is 39.0 Å². The second-order valence-corrected chi connectivity index (χ2v) is 7.17. The van der Waals surface area contributed by atoms with Crippen LogP contribution in [-0.4, -0.2) is 10.9 Å². The minimum Gasteiger partial charge on any atom is -0.322 e. The van der Waals surface area contributed by atoms with Crippen LogP contribution < -0.4 is 5.32 Å². The van der Waals surface area contributed by atoms with Gasteiger partial charge in [0.2, 0.25) is 0 Å². The average Bonchev–Trinajstić information content (AvgIpc) is 2.94. The van der Waals surface area contributed by atoms with Crippen LogP contribution in [0.15, 0.2) is 48.0 Å². The van der Waals surface area contributed by atoms with E-state index < -0.39 is 0 Å². The summed E-state index contributed by atoms with van der Waals surface area (Å²) in [5, 5.41) is 3.04. The Morgan fingerprint density at radius 3 is 2.68 bits per heavy atom. The van der Waals surface area contributed by atoms with Crippen LogP contribution in [0.2, 0.25) is 0 Å². The number of aromatic nitrogens is 1. The van der Waals surface area contributed by atoms with E-state index in [4.69, 9.17) is 0 Å². The molecule has 0 saturated carbocycles. The summed E-state index contributed by atoms with van der Waals surface area (Å²) >= 11 is 1.54. The number of amides is 1. The van der Waals surface area contributed by atoms with Gasteiger partial charge in [0.15, 0.2) is 0 Å². The summed E-state index contributed by atoms with van der Waals surface area (Å²) in [6, 6.07) is 13.5. The zero-order chi connectivity index (χ0) is 15.7. The molecule has 0 unspecified atom stereocenters. The summed E-state index contributed by atoms with van der Waals surface area (Å²) in [5.74, 6) is -0.0907. The standard InChI is InChI=1S/C18H18N2OS/c1-18(2,3)13-6-4-5-7-14(13)20-17(21)12-8-9-15-16(10-12)22-11-19-15/h4-11H,1-3H3,(H,20,21). The first-order valence-electron chi connectivity index (χ1n) is 7.19. The maximum Gasteiger partial charge on any atom is 0.255 e. The minimum atomic E-state index is -0.0907. The van der Waals surface area contributed by atoms with Gasteiger partial charge in [0.25, 0.3) is 5.91 Å². The lowest BCUT2D eigenvalue weighted by atomic mass is 9.86. The van der Waals surface area contributed by atoms with Crippen LogP contribution in [-0.2, 0) is 5.41 Å². The quantitative estimate of drug-likeness (QED) is 0.735. The third-order valence-corrected chi connectivity index (χ3v) is 4.37. The fourth-order valence-corrected chi connectivity index (χ4v) is 3.15. The van der Waals surface area contributed by atoms with E-state index in [0.29, 0.717) is 5.56 Å². The smallest absolute Gasteiger partial charge is 0.255 e. The summed E-state index contributed by atoms with van der Waals surface area (Å²) in [5.41, 5.74) is 5.34. The zero-order valence-electron chi connectivity index (χ0n) is 12.9. The molecule has 0 spiro atoms. The first kappa shape index (κ1) is 14.7. The molecule has 3 nitrogen and oxygen atoms in total. The van der Waals surface area contributed by atoms with Crippen LogP contribution in [0.1, 0.15) is 36.7 Å². The Hall–Kier alpha value is -2.20. The first-order valence-corrected chi connectivity index (χ1v) is 8.07. The second-order valence-electron chi connectivity index (χ2n) is 6.28. The van der Waals surface area contributed by atoms with Crippen molar-refractivity contribution in [3.05, 3.63) is 59.1 Å². The highest BCUT2D eigenvalue weighted by Crippen LogP contribution is 2.29. The number of rotatable bonds is 2. The van der Waals surface area contributed by atoms with E-state index in [1.165, 1.54) is 0 Å². The van der Waals surface area contributed by atoms with Gasteiger partial charge in [0, 0.05) is 11.3 Å². The summed E-state index contributed by atoms with van der Waals surface area (Å²) in [4.78, 5) is 16.8. The van der Waals surface area contributed by atoms with Gasteiger partial charge in [-0.2, -0.15) is 0 Å². The molecule has 112 valence electrons. The highest BCUT2D eigenvalue weighted by Gasteiger charge is 2.19. The third kappa shape index (κ3) is 2.88. The predicted octanol–water partition coefficient (Wildman–Crippen LogP) is 4.85. The number of thiazole rings is 1. The summed E-state index contributed by atoms with van der Waals surface area (Å²) in [6.07, 6.45) is 0. The van der Waals surface area contributed by atoms with Gasteiger partial charge in [0.05, 0.1) is 15.7 Å². The predicted molar refractivity (Wildman–Crippen MR) is 92.7 cm³/mol. The molecule has 0 bridgehead atoms. The fraction of sp³-hybridized carbons (Fsp3) is 0.222. The van der Waals surface area contributed by atoms with Gasteiger partial charge in [0.1, 0.15) is 0 Å². The number of nitrogens with zero attached hydrogens (tertiary/aromatic N) is 1. The van der Waals surface area contributed by atoms with E-state index >= 15 is 0 Å². The molecule has 3 rings (SSSR count). The van der Waals surface area contributed by atoms with Crippen LogP contribution >= 0.6 is 11.3 Å². The van der Waals surface area contributed by atoms with E-state index in [2.05, 4.69) is 37.1 Å². The van der Waals surface area contributed by atoms with Crippen molar-refractivity contribution in [2.24, 2.45) is 0 Å². The first-order chi connectivity index (χ1) is 10.4. The lowest BCUT2D eigenvalue weighted by molar-refractivity contribution is 0.102. The largest absolute Gasteiger partial charge is 0.322 e. The molecular weight excluding hydrogens is 292 g/mol. The number of nitrogens with one attached hydrogen (secondary N) is 1. The van der Waals surface area contributed by atoms with Crippen LogP contribution in [0, 0.1) is 0 Å². The Morgan fingerprint density at radius 1 is 1.14 bits per heavy atom. The molecule has 3 aromatic rings. The van der Waals surface area contributed by atoms with Gasteiger partial charge < -0.3 is 5.32 Å². The molecular formula is C18H18N2OS. The molecule has 0 aliphatic rings. The summed E-state index contributed by atoms with van der Waals surface area (Å²) in [6.45, 7) is 6.42. The van der Waals surface area contributed by atoms with Crippen molar-refractivity contribution in [2.75, 3.05) is 5.32 Å². The minimum absolute atomic E-state index is 0.0223. The van der Waals surface area contributed by atoms with Crippen molar-refractivity contribution in [1.82, 2.24) is 4.98 Å². The number of benzene rings is 2.